The Morgan fingerprint density at radius 3 is 2.49 bits per heavy atom. The van der Waals surface area contributed by atoms with Crippen molar-refractivity contribution in [2.45, 2.75) is 32.0 Å². The maximum Gasteiger partial charge on any atom is 0.251 e. The second-order valence-corrected chi connectivity index (χ2v) is 9.75. The SMILES string of the molecule is COc1cccc(C(=O)NC2CCN(Cc3ccc4ccc(CNCCN(C)C)cc4c3)CC2)c1. The lowest BCUT2D eigenvalue weighted by Crippen LogP contribution is -2.44. The van der Waals surface area contributed by atoms with Gasteiger partial charge in [0.1, 0.15) is 5.75 Å². The van der Waals surface area contributed by atoms with E-state index in [0.29, 0.717) is 11.3 Å². The summed E-state index contributed by atoms with van der Waals surface area (Å²) in [6.07, 6.45) is 1.93. The molecule has 3 aromatic carbocycles. The number of hydrogen-bond donors (Lipinski definition) is 2. The average Bonchev–Trinajstić information content (AvgIpc) is 2.87. The summed E-state index contributed by atoms with van der Waals surface area (Å²) in [6, 6.07) is 21.1. The molecule has 0 unspecified atom stereocenters. The van der Waals surface area contributed by atoms with E-state index in [1.54, 1.807) is 13.2 Å². The number of carbonyl (C=O) groups excluding carboxylic acids is 1. The van der Waals surface area contributed by atoms with Crippen molar-refractivity contribution in [2.24, 2.45) is 0 Å². The molecule has 186 valence electrons. The number of piperidine rings is 1. The molecule has 1 aliphatic heterocycles. The first-order chi connectivity index (χ1) is 17.0. The van der Waals surface area contributed by atoms with Gasteiger partial charge in [-0.25, -0.2) is 0 Å². The van der Waals surface area contributed by atoms with E-state index in [2.05, 4.69) is 70.9 Å². The molecule has 4 rings (SSSR count). The zero-order valence-electron chi connectivity index (χ0n) is 21.2. The molecule has 0 saturated carbocycles. The smallest absolute Gasteiger partial charge is 0.251 e. The molecule has 3 aromatic rings. The number of methoxy groups -OCH3 is 1. The van der Waals surface area contributed by atoms with Gasteiger partial charge in [0.05, 0.1) is 7.11 Å². The molecule has 0 bridgehead atoms. The van der Waals surface area contributed by atoms with Crippen LogP contribution in [0.15, 0.2) is 60.7 Å². The highest BCUT2D eigenvalue weighted by atomic mass is 16.5. The summed E-state index contributed by atoms with van der Waals surface area (Å²) in [5.41, 5.74) is 3.31. The Balaban J connectivity index is 1.28. The topological polar surface area (TPSA) is 56.8 Å². The van der Waals surface area contributed by atoms with E-state index in [0.717, 1.165) is 52.1 Å². The predicted molar refractivity (Wildman–Crippen MR) is 143 cm³/mol. The lowest BCUT2D eigenvalue weighted by molar-refractivity contribution is 0.0908. The zero-order valence-corrected chi connectivity index (χ0v) is 21.2. The Morgan fingerprint density at radius 2 is 1.74 bits per heavy atom. The monoisotopic (exact) mass is 474 g/mol. The Hall–Kier alpha value is -2.93. The van der Waals surface area contributed by atoms with Crippen LogP contribution in [0.5, 0.6) is 5.75 Å². The number of likely N-dealkylation sites (N-methyl/N-ethyl adjacent to an activating group) is 1. The molecular formula is C29H38N4O2. The van der Waals surface area contributed by atoms with E-state index in [4.69, 9.17) is 4.74 Å². The summed E-state index contributed by atoms with van der Waals surface area (Å²) in [5.74, 6) is 0.680. The molecule has 2 N–H and O–H groups in total. The molecular weight excluding hydrogens is 436 g/mol. The molecule has 1 heterocycles. The predicted octanol–water partition coefficient (Wildman–Crippen LogP) is 3.89. The minimum absolute atomic E-state index is 0.0242. The highest BCUT2D eigenvalue weighted by Crippen LogP contribution is 2.21. The molecule has 0 spiro atoms. The Bertz CT molecular complexity index is 1120. The van der Waals surface area contributed by atoms with E-state index in [9.17, 15) is 4.79 Å². The molecule has 1 amide bonds. The number of hydrogen-bond acceptors (Lipinski definition) is 5. The summed E-state index contributed by atoms with van der Waals surface area (Å²) in [6.45, 7) is 5.83. The fourth-order valence-corrected chi connectivity index (χ4v) is 4.62. The first-order valence-corrected chi connectivity index (χ1v) is 12.5. The summed E-state index contributed by atoms with van der Waals surface area (Å²) in [4.78, 5) is 17.3. The minimum Gasteiger partial charge on any atom is -0.497 e. The number of carbonyl (C=O) groups is 1. The van der Waals surface area contributed by atoms with E-state index in [-0.39, 0.29) is 11.9 Å². The molecule has 0 aromatic heterocycles. The van der Waals surface area contributed by atoms with Crippen LogP contribution < -0.4 is 15.4 Å². The maximum atomic E-state index is 12.6. The van der Waals surface area contributed by atoms with Crippen molar-refractivity contribution in [3.63, 3.8) is 0 Å². The summed E-state index contributed by atoms with van der Waals surface area (Å²) < 4.78 is 5.24. The van der Waals surface area contributed by atoms with Crippen LogP contribution in [0.4, 0.5) is 0 Å². The summed E-state index contributed by atoms with van der Waals surface area (Å²) in [7, 11) is 5.81. The average molecular weight is 475 g/mol. The van der Waals surface area contributed by atoms with Gasteiger partial charge in [0.25, 0.3) is 5.91 Å². The van der Waals surface area contributed by atoms with Crippen LogP contribution >= 0.6 is 0 Å². The molecule has 35 heavy (non-hydrogen) atoms. The van der Waals surface area contributed by atoms with Gasteiger partial charge in [-0.3, -0.25) is 9.69 Å². The van der Waals surface area contributed by atoms with Crippen LogP contribution in [0.3, 0.4) is 0 Å². The molecule has 6 nitrogen and oxygen atoms in total. The van der Waals surface area contributed by atoms with Crippen LogP contribution in [-0.4, -0.2) is 69.1 Å². The van der Waals surface area contributed by atoms with Crippen molar-refractivity contribution < 1.29 is 9.53 Å². The largest absolute Gasteiger partial charge is 0.497 e. The number of fused-ring (bicyclic) bond motifs is 1. The van der Waals surface area contributed by atoms with Crippen molar-refractivity contribution >= 4 is 16.7 Å². The van der Waals surface area contributed by atoms with Crippen LogP contribution in [0.1, 0.15) is 34.3 Å². The minimum atomic E-state index is -0.0242. The van der Waals surface area contributed by atoms with Crippen LogP contribution in [0.25, 0.3) is 10.8 Å². The number of amides is 1. The van der Waals surface area contributed by atoms with Gasteiger partial charge in [-0.1, -0.05) is 30.3 Å². The molecule has 1 fully saturated rings. The van der Waals surface area contributed by atoms with Crippen LogP contribution in [-0.2, 0) is 13.1 Å². The number of benzene rings is 3. The first kappa shape index (κ1) is 25.2. The number of nitrogens with zero attached hydrogens (tertiary/aromatic N) is 2. The molecule has 6 heteroatoms. The maximum absolute atomic E-state index is 12.6. The standard InChI is InChI=1S/C29H38N4O2/c1-32(2)16-13-30-20-22-7-9-24-10-8-23(18-26(24)17-22)21-33-14-11-27(12-15-33)31-29(34)25-5-4-6-28(19-25)35-3/h4-10,17-19,27,30H,11-16,20-21H2,1-3H3,(H,31,34). The highest BCUT2D eigenvalue weighted by molar-refractivity contribution is 5.94. The van der Waals surface area contributed by atoms with Crippen molar-refractivity contribution in [2.75, 3.05) is 47.4 Å². The third kappa shape index (κ3) is 7.28. The molecule has 1 saturated heterocycles. The van der Waals surface area contributed by atoms with E-state index >= 15 is 0 Å². The van der Waals surface area contributed by atoms with E-state index < -0.39 is 0 Å². The van der Waals surface area contributed by atoms with Gasteiger partial charge in [0, 0.05) is 50.9 Å². The van der Waals surface area contributed by atoms with E-state index in [1.807, 2.05) is 18.2 Å². The summed E-state index contributed by atoms with van der Waals surface area (Å²) in [5, 5.41) is 9.31. The Kier molecular flexibility index (Phi) is 8.74. The fraction of sp³-hybridized carbons (Fsp3) is 0.414. The normalized spacial score (nSPS) is 15.0. The van der Waals surface area contributed by atoms with Gasteiger partial charge < -0.3 is 20.3 Å². The lowest BCUT2D eigenvalue weighted by atomic mass is 10.0. The Labute approximate surface area is 209 Å². The second kappa shape index (κ2) is 12.2. The lowest BCUT2D eigenvalue weighted by Gasteiger charge is -2.32. The quantitative estimate of drug-likeness (QED) is 0.437. The van der Waals surface area contributed by atoms with Crippen LogP contribution in [0.2, 0.25) is 0 Å². The number of nitrogens with one attached hydrogen (secondary N) is 2. The third-order valence-electron chi connectivity index (χ3n) is 6.69. The third-order valence-corrected chi connectivity index (χ3v) is 6.69. The molecule has 1 aliphatic rings. The van der Waals surface area contributed by atoms with Gasteiger partial charge in [-0.2, -0.15) is 0 Å². The van der Waals surface area contributed by atoms with Gasteiger partial charge in [-0.15, -0.1) is 0 Å². The van der Waals surface area contributed by atoms with Crippen molar-refractivity contribution in [1.82, 2.24) is 20.4 Å². The van der Waals surface area contributed by atoms with Crippen molar-refractivity contribution in [3.8, 4) is 5.75 Å². The Morgan fingerprint density at radius 1 is 1.00 bits per heavy atom. The van der Waals surface area contributed by atoms with Gasteiger partial charge in [0.2, 0.25) is 0 Å². The number of likely N-dealkylation sites (tertiary alicyclic amines) is 1. The van der Waals surface area contributed by atoms with Gasteiger partial charge in [0.15, 0.2) is 0 Å². The van der Waals surface area contributed by atoms with E-state index in [1.165, 1.54) is 21.9 Å². The molecule has 0 aliphatic carbocycles. The molecule has 0 radical (unpaired) electrons. The fourth-order valence-electron chi connectivity index (χ4n) is 4.62. The first-order valence-electron chi connectivity index (χ1n) is 12.5. The summed E-state index contributed by atoms with van der Waals surface area (Å²) >= 11 is 0. The van der Waals surface area contributed by atoms with Crippen molar-refractivity contribution in [3.05, 3.63) is 77.4 Å². The number of ether oxygens (including phenoxy) is 1. The molecule has 0 atom stereocenters. The van der Waals surface area contributed by atoms with Gasteiger partial charge >= 0.3 is 0 Å². The number of rotatable bonds is 10. The highest BCUT2D eigenvalue weighted by Gasteiger charge is 2.21. The van der Waals surface area contributed by atoms with Crippen LogP contribution in [0, 0.1) is 0 Å². The zero-order chi connectivity index (χ0) is 24.6. The van der Waals surface area contributed by atoms with Crippen molar-refractivity contribution in [1.29, 1.82) is 0 Å². The van der Waals surface area contributed by atoms with Gasteiger partial charge in [-0.05, 0) is 79.2 Å². The second-order valence-electron chi connectivity index (χ2n) is 9.75.